The van der Waals surface area contributed by atoms with Crippen molar-refractivity contribution in [1.82, 2.24) is 5.32 Å². The summed E-state index contributed by atoms with van der Waals surface area (Å²) in [5.41, 5.74) is 0. The molecule has 0 bridgehead atoms. The average molecular weight is 366 g/mol. The molecule has 0 aliphatic rings. The zero-order chi connectivity index (χ0) is 15.9. The largest absolute Gasteiger partial charge is 0.484 e. The maximum absolute atomic E-state index is 11.8. The molecule has 0 aliphatic heterocycles. The van der Waals surface area contributed by atoms with Crippen LogP contribution in [0.3, 0.4) is 0 Å². The van der Waals surface area contributed by atoms with Gasteiger partial charge in [0.05, 0.1) is 0 Å². The number of hydrogen-bond acceptors (Lipinski definition) is 3. The van der Waals surface area contributed by atoms with Gasteiger partial charge in [0.25, 0.3) is 5.91 Å². The van der Waals surface area contributed by atoms with Crippen molar-refractivity contribution < 1.29 is 14.3 Å². The first-order valence-corrected chi connectivity index (χ1v) is 7.98. The molecule has 0 spiro atoms. The lowest BCUT2D eigenvalue weighted by Crippen LogP contribution is -2.36. The Balaban J connectivity index is 1.88. The Kier molecular flexibility index (Phi) is 6.21. The maximum Gasteiger partial charge on any atom is 0.258 e. The third kappa shape index (κ3) is 5.00. The minimum atomic E-state index is -0.125. The third-order valence-electron chi connectivity index (χ3n) is 3.31. The van der Waals surface area contributed by atoms with E-state index in [4.69, 9.17) is 9.47 Å². The van der Waals surface area contributed by atoms with Crippen molar-refractivity contribution in [2.24, 2.45) is 0 Å². The van der Waals surface area contributed by atoms with Gasteiger partial charge in [-0.25, -0.2) is 0 Å². The van der Waals surface area contributed by atoms with Gasteiger partial charge in [0.15, 0.2) is 6.61 Å². The Morgan fingerprint density at radius 3 is 2.73 bits per heavy atom. The number of benzene rings is 2. The standard InChI is InChI=1S/C17H20BrNO3/c1-12(7-8-21-2)19-17(20)11-22-16-6-4-13-9-15(18)5-3-14(13)10-16/h3-6,9-10,12H,7-8,11H2,1-2H3,(H,19,20). The van der Waals surface area contributed by atoms with Crippen molar-refractivity contribution in [3.63, 3.8) is 0 Å². The Hall–Kier alpha value is -1.59. The van der Waals surface area contributed by atoms with Crippen LogP contribution in [-0.2, 0) is 9.53 Å². The number of ether oxygens (including phenoxy) is 2. The molecule has 0 saturated carbocycles. The van der Waals surface area contributed by atoms with E-state index in [1.54, 1.807) is 7.11 Å². The average Bonchev–Trinajstić information content (AvgIpc) is 2.50. The molecule has 0 heterocycles. The van der Waals surface area contributed by atoms with Gasteiger partial charge in [-0.05, 0) is 48.4 Å². The molecule has 2 aromatic carbocycles. The minimum absolute atomic E-state index is 0.0133. The van der Waals surface area contributed by atoms with E-state index in [1.165, 1.54) is 0 Å². The molecule has 1 unspecified atom stereocenters. The molecule has 22 heavy (non-hydrogen) atoms. The predicted octanol–water partition coefficient (Wildman–Crippen LogP) is 3.52. The lowest BCUT2D eigenvalue weighted by molar-refractivity contribution is -0.123. The minimum Gasteiger partial charge on any atom is -0.484 e. The molecule has 0 aromatic heterocycles. The number of fused-ring (bicyclic) bond motifs is 1. The van der Waals surface area contributed by atoms with Crippen LogP contribution in [0.5, 0.6) is 5.75 Å². The van der Waals surface area contributed by atoms with Crippen molar-refractivity contribution in [1.29, 1.82) is 0 Å². The molecule has 5 heteroatoms. The van der Waals surface area contributed by atoms with Crippen LogP contribution in [0.4, 0.5) is 0 Å². The van der Waals surface area contributed by atoms with E-state index < -0.39 is 0 Å². The lowest BCUT2D eigenvalue weighted by atomic mass is 10.1. The van der Waals surface area contributed by atoms with Crippen molar-refractivity contribution in [3.8, 4) is 5.75 Å². The highest BCUT2D eigenvalue weighted by molar-refractivity contribution is 9.10. The number of carbonyl (C=O) groups excluding carboxylic acids is 1. The van der Waals surface area contributed by atoms with E-state index in [0.29, 0.717) is 12.4 Å². The number of halogens is 1. The van der Waals surface area contributed by atoms with Crippen LogP contribution in [0.1, 0.15) is 13.3 Å². The molecular weight excluding hydrogens is 346 g/mol. The summed E-state index contributed by atoms with van der Waals surface area (Å²) in [5.74, 6) is 0.564. The molecular formula is C17H20BrNO3. The molecule has 0 fully saturated rings. The first-order chi connectivity index (χ1) is 10.6. The smallest absolute Gasteiger partial charge is 0.258 e. The fraction of sp³-hybridized carbons (Fsp3) is 0.353. The summed E-state index contributed by atoms with van der Waals surface area (Å²) in [6.07, 6.45) is 0.785. The van der Waals surface area contributed by atoms with E-state index >= 15 is 0 Å². The van der Waals surface area contributed by atoms with Gasteiger partial charge < -0.3 is 14.8 Å². The number of nitrogens with one attached hydrogen (secondary N) is 1. The fourth-order valence-electron chi connectivity index (χ4n) is 2.12. The number of rotatable bonds is 7. The van der Waals surface area contributed by atoms with E-state index in [9.17, 15) is 4.79 Å². The number of carbonyl (C=O) groups is 1. The number of hydrogen-bond donors (Lipinski definition) is 1. The second-order valence-corrected chi connectivity index (χ2v) is 6.11. The van der Waals surface area contributed by atoms with E-state index in [2.05, 4.69) is 21.2 Å². The van der Waals surface area contributed by atoms with Gasteiger partial charge in [-0.1, -0.05) is 28.1 Å². The summed E-state index contributed by atoms with van der Waals surface area (Å²) in [6, 6.07) is 11.9. The zero-order valence-corrected chi connectivity index (χ0v) is 14.4. The molecule has 1 atom stereocenters. The van der Waals surface area contributed by atoms with Crippen LogP contribution in [0.2, 0.25) is 0 Å². The second kappa shape index (κ2) is 8.15. The summed E-state index contributed by atoms with van der Waals surface area (Å²) in [6.45, 7) is 2.59. The van der Waals surface area contributed by atoms with Crippen LogP contribution >= 0.6 is 15.9 Å². The second-order valence-electron chi connectivity index (χ2n) is 5.19. The van der Waals surface area contributed by atoms with Crippen LogP contribution in [0.25, 0.3) is 10.8 Å². The highest BCUT2D eigenvalue weighted by atomic mass is 79.9. The molecule has 1 amide bonds. The number of amides is 1. The summed E-state index contributed by atoms with van der Waals surface area (Å²) in [7, 11) is 1.65. The summed E-state index contributed by atoms with van der Waals surface area (Å²) in [4.78, 5) is 11.8. The lowest BCUT2D eigenvalue weighted by Gasteiger charge is -2.14. The molecule has 118 valence electrons. The molecule has 1 N–H and O–H groups in total. The fourth-order valence-corrected chi connectivity index (χ4v) is 2.50. The van der Waals surface area contributed by atoms with Gasteiger partial charge in [0, 0.05) is 24.2 Å². The van der Waals surface area contributed by atoms with Crippen LogP contribution in [0, 0.1) is 0 Å². The molecule has 4 nitrogen and oxygen atoms in total. The Morgan fingerprint density at radius 2 is 1.95 bits per heavy atom. The molecule has 0 saturated heterocycles. The maximum atomic E-state index is 11.8. The quantitative estimate of drug-likeness (QED) is 0.816. The Bertz CT molecular complexity index is 645. The first-order valence-electron chi connectivity index (χ1n) is 7.19. The van der Waals surface area contributed by atoms with E-state index in [-0.39, 0.29) is 18.6 Å². The Labute approximate surface area is 138 Å². The third-order valence-corrected chi connectivity index (χ3v) is 3.80. The number of methoxy groups -OCH3 is 1. The van der Waals surface area contributed by atoms with Gasteiger partial charge in [-0.15, -0.1) is 0 Å². The Morgan fingerprint density at radius 1 is 1.23 bits per heavy atom. The zero-order valence-electron chi connectivity index (χ0n) is 12.8. The SMILES string of the molecule is COCCC(C)NC(=O)COc1ccc2cc(Br)ccc2c1. The van der Waals surface area contributed by atoms with Crippen LogP contribution in [-0.4, -0.2) is 32.3 Å². The topological polar surface area (TPSA) is 47.6 Å². The van der Waals surface area contributed by atoms with E-state index in [0.717, 1.165) is 21.7 Å². The summed E-state index contributed by atoms with van der Waals surface area (Å²) < 4.78 is 11.6. The molecule has 2 aromatic rings. The normalized spacial score (nSPS) is 12.1. The van der Waals surface area contributed by atoms with Crippen LogP contribution < -0.4 is 10.1 Å². The van der Waals surface area contributed by atoms with Gasteiger partial charge in [-0.3, -0.25) is 4.79 Å². The van der Waals surface area contributed by atoms with Gasteiger partial charge in [0.2, 0.25) is 0 Å². The molecule has 0 radical (unpaired) electrons. The monoisotopic (exact) mass is 365 g/mol. The van der Waals surface area contributed by atoms with Crippen molar-refractivity contribution in [2.75, 3.05) is 20.3 Å². The first kappa shape index (κ1) is 16.8. The van der Waals surface area contributed by atoms with Crippen molar-refractivity contribution in [3.05, 3.63) is 40.9 Å². The molecule has 0 aliphatic carbocycles. The van der Waals surface area contributed by atoms with Gasteiger partial charge >= 0.3 is 0 Å². The van der Waals surface area contributed by atoms with Crippen molar-refractivity contribution >= 4 is 32.6 Å². The van der Waals surface area contributed by atoms with E-state index in [1.807, 2.05) is 43.3 Å². The summed E-state index contributed by atoms with van der Waals surface area (Å²) >= 11 is 3.45. The highest BCUT2D eigenvalue weighted by Crippen LogP contribution is 2.24. The van der Waals surface area contributed by atoms with Gasteiger partial charge in [0.1, 0.15) is 5.75 Å². The highest BCUT2D eigenvalue weighted by Gasteiger charge is 2.08. The van der Waals surface area contributed by atoms with Crippen LogP contribution in [0.15, 0.2) is 40.9 Å². The van der Waals surface area contributed by atoms with Crippen molar-refractivity contribution in [2.45, 2.75) is 19.4 Å². The van der Waals surface area contributed by atoms with Gasteiger partial charge in [-0.2, -0.15) is 0 Å². The molecule has 2 rings (SSSR count). The predicted molar refractivity (Wildman–Crippen MR) is 91.2 cm³/mol. The summed E-state index contributed by atoms with van der Waals surface area (Å²) in [5, 5.41) is 5.08.